The van der Waals surface area contributed by atoms with Gasteiger partial charge in [0.15, 0.2) is 0 Å². The lowest BCUT2D eigenvalue weighted by Crippen LogP contribution is -2.32. The largest absolute Gasteiger partial charge is 0.313 e. The van der Waals surface area contributed by atoms with Gasteiger partial charge < -0.3 is 5.32 Å². The van der Waals surface area contributed by atoms with Crippen molar-refractivity contribution in [1.29, 1.82) is 0 Å². The van der Waals surface area contributed by atoms with Crippen molar-refractivity contribution >= 4 is 37.6 Å². The minimum atomic E-state index is -3.09. The van der Waals surface area contributed by atoms with E-state index in [2.05, 4.69) is 21.2 Å². The molecule has 7 heteroatoms. The predicted molar refractivity (Wildman–Crippen MR) is 87.6 cm³/mol. The number of hydrogen-bond donors (Lipinski definition) is 1. The number of sulfonamides is 1. The van der Waals surface area contributed by atoms with Crippen LogP contribution in [0.25, 0.3) is 0 Å². The van der Waals surface area contributed by atoms with Crippen molar-refractivity contribution in [3.63, 3.8) is 0 Å². The Morgan fingerprint density at radius 1 is 1.40 bits per heavy atom. The maximum Gasteiger partial charge on any atom is 0.211 e. The molecule has 0 fully saturated rings. The zero-order valence-corrected chi connectivity index (χ0v) is 14.9. The average molecular weight is 384 g/mol. The summed E-state index contributed by atoms with van der Waals surface area (Å²) in [6.07, 6.45) is 2.01. The average Bonchev–Trinajstić information content (AvgIpc) is 2.34. The molecule has 0 bridgehead atoms. The molecular weight excluding hydrogens is 364 g/mol. The van der Waals surface area contributed by atoms with E-state index in [1.807, 2.05) is 25.1 Å². The quantitative estimate of drug-likeness (QED) is 0.702. The molecule has 0 saturated carbocycles. The topological polar surface area (TPSA) is 49.4 Å². The predicted octanol–water partition coefficient (Wildman–Crippen LogP) is 2.86. The molecule has 0 amide bonds. The van der Waals surface area contributed by atoms with Crippen LogP contribution in [0.5, 0.6) is 0 Å². The van der Waals surface area contributed by atoms with Crippen molar-refractivity contribution in [2.45, 2.75) is 19.9 Å². The Bertz CT molecular complexity index is 537. The number of hydrogen-bond acceptors (Lipinski definition) is 3. The fourth-order valence-corrected chi connectivity index (χ4v) is 3.50. The molecule has 0 saturated heterocycles. The summed E-state index contributed by atoms with van der Waals surface area (Å²) in [5.74, 6) is 0. The lowest BCUT2D eigenvalue weighted by Gasteiger charge is -2.17. The normalized spacial score (nSPS) is 12.1. The zero-order chi connectivity index (χ0) is 15.2. The van der Waals surface area contributed by atoms with Crippen LogP contribution < -0.4 is 5.32 Å². The van der Waals surface area contributed by atoms with Gasteiger partial charge in [-0.2, -0.15) is 0 Å². The van der Waals surface area contributed by atoms with Gasteiger partial charge in [-0.15, -0.1) is 0 Å². The van der Waals surface area contributed by atoms with Gasteiger partial charge in [-0.3, -0.25) is 0 Å². The second-order valence-corrected chi connectivity index (χ2v) is 7.83. The van der Waals surface area contributed by atoms with Crippen LogP contribution in [-0.4, -0.2) is 38.6 Å². The smallest absolute Gasteiger partial charge is 0.211 e. The van der Waals surface area contributed by atoms with Gasteiger partial charge in [0.2, 0.25) is 10.0 Å². The second kappa shape index (κ2) is 8.34. The van der Waals surface area contributed by atoms with Gasteiger partial charge in [0.25, 0.3) is 0 Å². The standard InChI is InChI=1S/C13H20BrClN2O2S/c1-3-17(20(2,18)19)8-4-7-16-10-11-5-6-12(14)9-13(11)15/h5-6,9,16H,3-4,7-8,10H2,1-2H3. The summed E-state index contributed by atoms with van der Waals surface area (Å²) in [5, 5.41) is 3.99. The molecule has 114 valence electrons. The Balaban J connectivity index is 2.32. The molecule has 0 spiro atoms. The van der Waals surface area contributed by atoms with Crippen molar-refractivity contribution in [2.75, 3.05) is 25.9 Å². The molecule has 0 aromatic heterocycles. The molecule has 0 heterocycles. The Labute approximate surface area is 134 Å². The van der Waals surface area contributed by atoms with Gasteiger partial charge in [-0.25, -0.2) is 12.7 Å². The highest BCUT2D eigenvalue weighted by Crippen LogP contribution is 2.21. The molecule has 0 aliphatic heterocycles. The molecule has 0 unspecified atom stereocenters. The van der Waals surface area contributed by atoms with Gasteiger partial charge in [0.05, 0.1) is 6.26 Å². The van der Waals surface area contributed by atoms with Crippen LogP contribution in [-0.2, 0) is 16.6 Å². The van der Waals surface area contributed by atoms with Crippen molar-refractivity contribution in [2.24, 2.45) is 0 Å². The highest BCUT2D eigenvalue weighted by molar-refractivity contribution is 9.10. The molecule has 0 atom stereocenters. The third-order valence-electron chi connectivity index (χ3n) is 2.91. The Morgan fingerprint density at radius 2 is 2.10 bits per heavy atom. The highest BCUT2D eigenvalue weighted by atomic mass is 79.9. The SMILES string of the molecule is CCN(CCCNCc1ccc(Br)cc1Cl)S(C)(=O)=O. The summed E-state index contributed by atoms with van der Waals surface area (Å²) >= 11 is 9.48. The van der Waals surface area contributed by atoms with Crippen LogP contribution in [0, 0.1) is 0 Å². The molecule has 1 aromatic rings. The Hall–Kier alpha value is -0.140. The molecule has 0 aliphatic rings. The van der Waals surface area contributed by atoms with Gasteiger partial charge >= 0.3 is 0 Å². The van der Waals surface area contributed by atoms with Crippen LogP contribution in [0.4, 0.5) is 0 Å². The summed E-state index contributed by atoms with van der Waals surface area (Å²) in [6.45, 7) is 4.32. The van der Waals surface area contributed by atoms with Crippen molar-refractivity contribution in [1.82, 2.24) is 9.62 Å². The molecule has 1 N–H and O–H groups in total. The number of benzene rings is 1. The van der Waals surface area contributed by atoms with Gasteiger partial charge in [-0.1, -0.05) is 40.5 Å². The van der Waals surface area contributed by atoms with E-state index in [4.69, 9.17) is 11.6 Å². The number of nitrogens with one attached hydrogen (secondary N) is 1. The first-order valence-electron chi connectivity index (χ1n) is 6.44. The van der Waals surface area contributed by atoms with Gasteiger partial charge in [0, 0.05) is 29.1 Å². The number of rotatable bonds is 8. The minimum absolute atomic E-state index is 0.511. The lowest BCUT2D eigenvalue weighted by molar-refractivity contribution is 0.419. The molecule has 1 rings (SSSR count). The molecule has 20 heavy (non-hydrogen) atoms. The van der Waals surface area contributed by atoms with E-state index >= 15 is 0 Å². The van der Waals surface area contributed by atoms with Crippen LogP contribution >= 0.6 is 27.5 Å². The van der Waals surface area contributed by atoms with E-state index in [-0.39, 0.29) is 0 Å². The summed E-state index contributed by atoms with van der Waals surface area (Å²) in [7, 11) is -3.09. The lowest BCUT2D eigenvalue weighted by atomic mass is 10.2. The highest BCUT2D eigenvalue weighted by Gasteiger charge is 2.12. The monoisotopic (exact) mass is 382 g/mol. The first kappa shape index (κ1) is 17.9. The fourth-order valence-electron chi connectivity index (χ4n) is 1.83. The van der Waals surface area contributed by atoms with Gasteiger partial charge in [0.1, 0.15) is 0 Å². The van der Waals surface area contributed by atoms with E-state index in [1.165, 1.54) is 10.6 Å². The first-order valence-corrected chi connectivity index (χ1v) is 9.46. The minimum Gasteiger partial charge on any atom is -0.313 e. The van der Waals surface area contributed by atoms with Crippen LogP contribution in [0.1, 0.15) is 18.9 Å². The maximum atomic E-state index is 11.4. The van der Waals surface area contributed by atoms with Crippen molar-refractivity contribution < 1.29 is 8.42 Å². The molecule has 0 radical (unpaired) electrons. The third-order valence-corrected chi connectivity index (χ3v) is 5.14. The first-order chi connectivity index (χ1) is 9.34. The fraction of sp³-hybridized carbons (Fsp3) is 0.538. The third kappa shape index (κ3) is 6.10. The van der Waals surface area contributed by atoms with Crippen LogP contribution in [0.2, 0.25) is 5.02 Å². The Morgan fingerprint density at radius 3 is 2.65 bits per heavy atom. The van der Waals surface area contributed by atoms with E-state index in [0.717, 1.165) is 28.0 Å². The van der Waals surface area contributed by atoms with E-state index in [0.29, 0.717) is 19.6 Å². The van der Waals surface area contributed by atoms with Crippen LogP contribution in [0.3, 0.4) is 0 Å². The second-order valence-electron chi connectivity index (χ2n) is 4.52. The molecule has 1 aromatic carbocycles. The summed E-state index contributed by atoms with van der Waals surface area (Å²) in [6, 6.07) is 5.78. The van der Waals surface area contributed by atoms with Crippen molar-refractivity contribution in [3.8, 4) is 0 Å². The van der Waals surface area contributed by atoms with Crippen LogP contribution in [0.15, 0.2) is 22.7 Å². The molecule has 4 nitrogen and oxygen atoms in total. The zero-order valence-electron chi connectivity index (χ0n) is 11.7. The van der Waals surface area contributed by atoms with Crippen molar-refractivity contribution in [3.05, 3.63) is 33.3 Å². The van der Waals surface area contributed by atoms with E-state index in [9.17, 15) is 8.42 Å². The number of nitrogens with zero attached hydrogens (tertiary/aromatic N) is 1. The van der Waals surface area contributed by atoms with E-state index < -0.39 is 10.0 Å². The molecular formula is C13H20BrClN2O2S. The Kier molecular flexibility index (Phi) is 7.47. The molecule has 0 aliphatic carbocycles. The summed E-state index contributed by atoms with van der Waals surface area (Å²) in [5.41, 5.74) is 1.03. The summed E-state index contributed by atoms with van der Waals surface area (Å²) < 4.78 is 25.2. The number of halogens is 2. The van der Waals surface area contributed by atoms with E-state index in [1.54, 1.807) is 0 Å². The van der Waals surface area contributed by atoms with Gasteiger partial charge in [-0.05, 0) is 30.7 Å². The summed E-state index contributed by atoms with van der Waals surface area (Å²) in [4.78, 5) is 0. The maximum absolute atomic E-state index is 11.4.